The lowest BCUT2D eigenvalue weighted by atomic mass is 10.0. The van der Waals surface area contributed by atoms with Crippen molar-refractivity contribution < 1.29 is 4.74 Å². The highest BCUT2D eigenvalue weighted by molar-refractivity contribution is 7.15. The van der Waals surface area contributed by atoms with Gasteiger partial charge in [-0.2, -0.15) is 0 Å². The highest BCUT2D eigenvalue weighted by atomic mass is 32.1. The second-order valence-corrected chi connectivity index (χ2v) is 6.98. The van der Waals surface area contributed by atoms with E-state index in [1.807, 2.05) is 11.3 Å². The van der Waals surface area contributed by atoms with Crippen LogP contribution in [0, 0.1) is 0 Å². The quantitative estimate of drug-likeness (QED) is 0.747. The molecule has 2 rings (SSSR count). The number of nitrogens with one attached hydrogen (secondary N) is 1. The van der Waals surface area contributed by atoms with Crippen LogP contribution < -0.4 is 10.2 Å². The lowest BCUT2D eigenvalue weighted by Crippen LogP contribution is -2.31. The number of hydrogen-bond acceptors (Lipinski definition) is 5. The molecule has 0 radical (unpaired) electrons. The predicted octanol–water partition coefficient (Wildman–Crippen LogP) is 3.38. The molecule has 0 saturated carbocycles. The molecule has 2 unspecified atom stereocenters. The number of ether oxygens (including phenoxy) is 1. The Bertz CT molecular complexity index is 429. The number of anilines is 1. The zero-order valence-corrected chi connectivity index (χ0v) is 14.6. The van der Waals surface area contributed by atoms with Crippen LogP contribution in [-0.4, -0.2) is 37.8 Å². The summed E-state index contributed by atoms with van der Waals surface area (Å²) in [5.41, 5.74) is 1.28. The van der Waals surface area contributed by atoms with Crippen LogP contribution in [0.25, 0.3) is 0 Å². The molecular weight excluding hydrogens is 282 g/mol. The van der Waals surface area contributed by atoms with Crippen LogP contribution in [0.3, 0.4) is 0 Å². The molecule has 0 spiro atoms. The molecule has 0 amide bonds. The van der Waals surface area contributed by atoms with Crippen LogP contribution in [0.1, 0.15) is 56.5 Å². The third-order valence-corrected chi connectivity index (χ3v) is 5.42. The van der Waals surface area contributed by atoms with Gasteiger partial charge in [-0.1, -0.05) is 20.8 Å². The van der Waals surface area contributed by atoms with E-state index in [9.17, 15) is 0 Å². The van der Waals surface area contributed by atoms with Gasteiger partial charge in [0.1, 0.15) is 0 Å². The van der Waals surface area contributed by atoms with E-state index >= 15 is 0 Å². The Morgan fingerprint density at radius 2 is 2.29 bits per heavy atom. The minimum Gasteiger partial charge on any atom is -0.379 e. The van der Waals surface area contributed by atoms with Crippen LogP contribution in [-0.2, 0) is 11.3 Å². The van der Waals surface area contributed by atoms with Gasteiger partial charge in [-0.05, 0) is 31.7 Å². The molecule has 1 aliphatic rings. The normalized spacial score (nSPS) is 19.9. The van der Waals surface area contributed by atoms with Crippen molar-refractivity contribution in [1.82, 2.24) is 10.3 Å². The fourth-order valence-electron chi connectivity index (χ4n) is 2.57. The second kappa shape index (κ2) is 8.11. The third kappa shape index (κ3) is 4.18. The summed E-state index contributed by atoms with van der Waals surface area (Å²) in [5, 5.41) is 4.67. The number of thiazole rings is 1. The monoisotopic (exact) mass is 311 g/mol. The van der Waals surface area contributed by atoms with Gasteiger partial charge >= 0.3 is 0 Å². The van der Waals surface area contributed by atoms with Crippen LogP contribution in [0.4, 0.5) is 5.13 Å². The summed E-state index contributed by atoms with van der Waals surface area (Å²) >= 11 is 1.85. The van der Waals surface area contributed by atoms with Crippen LogP contribution in [0.2, 0.25) is 0 Å². The SMILES string of the molecule is CCCNCc1sc(N(C)C2CCOC2)nc1C(C)CC. The average molecular weight is 311 g/mol. The van der Waals surface area contributed by atoms with E-state index < -0.39 is 0 Å². The van der Waals surface area contributed by atoms with Crippen molar-refractivity contribution in [2.75, 3.05) is 31.7 Å². The van der Waals surface area contributed by atoms with Crippen molar-refractivity contribution in [3.63, 3.8) is 0 Å². The van der Waals surface area contributed by atoms with Gasteiger partial charge in [0, 0.05) is 25.1 Å². The zero-order valence-electron chi connectivity index (χ0n) is 13.8. The first kappa shape index (κ1) is 16.7. The van der Waals surface area contributed by atoms with E-state index in [1.165, 1.54) is 17.0 Å². The minimum absolute atomic E-state index is 0.484. The van der Waals surface area contributed by atoms with Gasteiger partial charge in [-0.15, -0.1) is 11.3 Å². The van der Waals surface area contributed by atoms with E-state index in [4.69, 9.17) is 9.72 Å². The molecule has 5 heteroatoms. The van der Waals surface area contributed by atoms with Gasteiger partial charge in [0.2, 0.25) is 0 Å². The first-order valence-electron chi connectivity index (χ1n) is 8.18. The highest BCUT2D eigenvalue weighted by Gasteiger charge is 2.24. The van der Waals surface area contributed by atoms with E-state index in [1.54, 1.807) is 0 Å². The van der Waals surface area contributed by atoms with Crippen LogP contribution in [0.5, 0.6) is 0 Å². The maximum Gasteiger partial charge on any atom is 0.185 e. The Balaban J connectivity index is 2.13. The Labute approximate surface area is 132 Å². The molecular formula is C16H29N3OS. The number of likely N-dealkylation sites (N-methyl/N-ethyl adjacent to an activating group) is 1. The predicted molar refractivity (Wildman–Crippen MR) is 90.4 cm³/mol. The Morgan fingerprint density at radius 1 is 1.48 bits per heavy atom. The van der Waals surface area contributed by atoms with Gasteiger partial charge in [0.25, 0.3) is 0 Å². The molecule has 0 aromatic carbocycles. The molecule has 0 aliphatic carbocycles. The van der Waals surface area contributed by atoms with Crippen molar-refractivity contribution in [3.05, 3.63) is 10.6 Å². The number of rotatable bonds is 8. The van der Waals surface area contributed by atoms with Crippen molar-refractivity contribution in [1.29, 1.82) is 0 Å². The first-order chi connectivity index (χ1) is 10.2. The number of aromatic nitrogens is 1. The summed E-state index contributed by atoms with van der Waals surface area (Å²) in [6.07, 6.45) is 3.42. The van der Waals surface area contributed by atoms with Crippen molar-refractivity contribution >= 4 is 16.5 Å². The molecule has 0 bridgehead atoms. The lowest BCUT2D eigenvalue weighted by Gasteiger charge is -2.22. The minimum atomic E-state index is 0.484. The molecule has 4 nitrogen and oxygen atoms in total. The summed E-state index contributed by atoms with van der Waals surface area (Å²) in [7, 11) is 2.15. The Kier molecular flexibility index (Phi) is 6.45. The van der Waals surface area contributed by atoms with E-state index in [0.717, 1.165) is 44.3 Å². The molecule has 1 N–H and O–H groups in total. The van der Waals surface area contributed by atoms with Gasteiger partial charge in [0.05, 0.1) is 18.3 Å². The molecule has 1 aromatic heterocycles. The molecule has 1 fully saturated rings. The summed E-state index contributed by atoms with van der Waals surface area (Å²) in [4.78, 5) is 8.67. The summed E-state index contributed by atoms with van der Waals surface area (Å²) in [5.74, 6) is 0.529. The largest absolute Gasteiger partial charge is 0.379 e. The van der Waals surface area contributed by atoms with Gasteiger partial charge in [-0.25, -0.2) is 4.98 Å². The average Bonchev–Trinajstić information content (AvgIpc) is 3.15. The maximum absolute atomic E-state index is 5.51. The smallest absolute Gasteiger partial charge is 0.185 e. The van der Waals surface area contributed by atoms with Crippen molar-refractivity contribution in [2.45, 2.75) is 58.5 Å². The van der Waals surface area contributed by atoms with Gasteiger partial charge in [-0.3, -0.25) is 0 Å². The summed E-state index contributed by atoms with van der Waals surface area (Å²) in [6, 6.07) is 0.484. The Hall–Kier alpha value is -0.650. The van der Waals surface area contributed by atoms with Crippen molar-refractivity contribution in [3.8, 4) is 0 Å². The summed E-state index contributed by atoms with van der Waals surface area (Å²) < 4.78 is 5.51. The van der Waals surface area contributed by atoms with E-state index in [2.05, 4.69) is 38.0 Å². The topological polar surface area (TPSA) is 37.4 Å². The lowest BCUT2D eigenvalue weighted by molar-refractivity contribution is 0.193. The zero-order chi connectivity index (χ0) is 15.2. The summed E-state index contributed by atoms with van der Waals surface area (Å²) in [6.45, 7) is 10.4. The molecule has 2 heterocycles. The fraction of sp³-hybridized carbons (Fsp3) is 0.812. The van der Waals surface area contributed by atoms with Crippen LogP contribution >= 0.6 is 11.3 Å². The Morgan fingerprint density at radius 3 is 2.90 bits per heavy atom. The molecule has 2 atom stereocenters. The second-order valence-electron chi connectivity index (χ2n) is 5.92. The highest BCUT2D eigenvalue weighted by Crippen LogP contribution is 2.33. The maximum atomic E-state index is 5.51. The van der Waals surface area contributed by atoms with E-state index in [-0.39, 0.29) is 0 Å². The first-order valence-corrected chi connectivity index (χ1v) is 8.99. The standard InChI is InChI=1S/C16H29N3OS/c1-5-8-17-10-14-15(12(3)6-2)18-16(21-14)19(4)13-7-9-20-11-13/h12-13,17H,5-11H2,1-4H3. The third-order valence-electron chi connectivity index (χ3n) is 4.26. The molecule has 21 heavy (non-hydrogen) atoms. The van der Waals surface area contributed by atoms with Crippen molar-refractivity contribution in [2.24, 2.45) is 0 Å². The molecule has 120 valence electrons. The van der Waals surface area contributed by atoms with Gasteiger partial charge < -0.3 is 15.0 Å². The number of nitrogens with zero attached hydrogens (tertiary/aromatic N) is 2. The molecule has 1 aromatic rings. The van der Waals surface area contributed by atoms with Gasteiger partial charge in [0.15, 0.2) is 5.13 Å². The van der Waals surface area contributed by atoms with Crippen LogP contribution in [0.15, 0.2) is 0 Å². The van der Waals surface area contributed by atoms with E-state index in [0.29, 0.717) is 12.0 Å². The molecule has 1 saturated heterocycles. The fourth-order valence-corrected chi connectivity index (χ4v) is 3.75. The molecule has 1 aliphatic heterocycles. The number of hydrogen-bond donors (Lipinski definition) is 1.